The highest BCUT2D eigenvalue weighted by atomic mass is 16.6. The highest BCUT2D eigenvalue weighted by Crippen LogP contribution is 2.09. The lowest BCUT2D eigenvalue weighted by atomic mass is 10.1. The molecule has 1 aliphatic heterocycles. The Morgan fingerprint density at radius 2 is 0.647 bits per heavy atom. The number of hydrogen-bond donors (Lipinski definition) is 4. The van der Waals surface area contributed by atoms with Crippen LogP contribution in [0.25, 0.3) is 0 Å². The number of likely N-dealkylation sites (N-methyl/N-ethyl adjacent to an activating group) is 4. The molecular weight excluding hydrogens is 456 g/mol. The molecule has 0 unspecified atom stereocenters. The molecule has 0 spiro atoms. The van der Waals surface area contributed by atoms with Crippen molar-refractivity contribution in [2.24, 2.45) is 0 Å². The summed E-state index contributed by atoms with van der Waals surface area (Å²) in [6.45, 7) is 0.201. The van der Waals surface area contributed by atoms with E-state index in [0.29, 0.717) is 0 Å². The fourth-order valence-corrected chi connectivity index (χ4v) is 2.91. The van der Waals surface area contributed by atoms with Crippen molar-refractivity contribution in [2.75, 3.05) is 81.0 Å². The fraction of sp³-hybridized carbons (Fsp3) is 0.800. The fourth-order valence-electron chi connectivity index (χ4n) is 2.91. The molecule has 1 rings (SSSR count). The van der Waals surface area contributed by atoms with Crippen molar-refractivity contribution in [1.82, 2.24) is 21.3 Å². The van der Waals surface area contributed by atoms with Crippen molar-refractivity contribution < 1.29 is 47.6 Å². The lowest BCUT2D eigenvalue weighted by Crippen LogP contribution is -2.52. The summed E-state index contributed by atoms with van der Waals surface area (Å²) in [5, 5.41) is 9.79. The van der Waals surface area contributed by atoms with Crippen LogP contribution in [-0.4, -0.2) is 129 Å². The lowest BCUT2D eigenvalue weighted by Gasteiger charge is -2.26. The minimum absolute atomic E-state index is 0.0196. The average molecular weight is 493 g/mol. The van der Waals surface area contributed by atoms with E-state index < -0.39 is 48.0 Å². The first-order chi connectivity index (χ1) is 16.4. The Hall–Kier alpha value is -2.36. The van der Waals surface area contributed by atoms with Crippen LogP contribution in [-0.2, 0) is 47.6 Å². The van der Waals surface area contributed by atoms with Gasteiger partial charge in [0, 0.05) is 28.2 Å². The molecule has 0 bridgehead atoms. The van der Waals surface area contributed by atoms with E-state index in [-0.39, 0.29) is 52.9 Å². The second kappa shape index (κ2) is 17.1. The minimum atomic E-state index is -1.21. The number of ether oxygens (including phenoxy) is 6. The van der Waals surface area contributed by atoms with Gasteiger partial charge in [0.2, 0.25) is 0 Å². The first-order valence-corrected chi connectivity index (χ1v) is 10.9. The van der Waals surface area contributed by atoms with Gasteiger partial charge in [0.05, 0.1) is 52.9 Å². The first kappa shape index (κ1) is 29.7. The van der Waals surface area contributed by atoms with Gasteiger partial charge >= 0.3 is 0 Å². The van der Waals surface area contributed by atoms with Crippen molar-refractivity contribution in [2.45, 2.75) is 24.4 Å². The predicted molar refractivity (Wildman–Crippen MR) is 117 cm³/mol. The van der Waals surface area contributed by atoms with E-state index in [9.17, 15) is 19.2 Å². The summed E-state index contributed by atoms with van der Waals surface area (Å²) in [4.78, 5) is 49.1. The van der Waals surface area contributed by atoms with E-state index >= 15 is 0 Å². The molecule has 1 aliphatic rings. The van der Waals surface area contributed by atoms with Crippen molar-refractivity contribution in [1.29, 1.82) is 0 Å². The van der Waals surface area contributed by atoms with Gasteiger partial charge in [0.25, 0.3) is 23.6 Å². The summed E-state index contributed by atoms with van der Waals surface area (Å²) in [5.41, 5.74) is 0. The van der Waals surface area contributed by atoms with Crippen LogP contribution >= 0.6 is 0 Å². The molecule has 1 saturated heterocycles. The second-order valence-electron chi connectivity index (χ2n) is 6.85. The Morgan fingerprint density at radius 3 is 0.824 bits per heavy atom. The molecule has 4 N–H and O–H groups in total. The van der Waals surface area contributed by atoms with Gasteiger partial charge < -0.3 is 49.7 Å². The second-order valence-corrected chi connectivity index (χ2v) is 6.85. The summed E-state index contributed by atoms with van der Waals surface area (Å²) >= 11 is 0. The molecule has 34 heavy (non-hydrogen) atoms. The molecule has 14 heteroatoms. The number of amides is 4. The Bertz CT molecular complexity index is 545. The highest BCUT2D eigenvalue weighted by molar-refractivity contribution is 5.91. The first-order valence-electron chi connectivity index (χ1n) is 10.9. The van der Waals surface area contributed by atoms with Gasteiger partial charge in [0.1, 0.15) is 0 Å². The molecule has 4 amide bonds. The van der Waals surface area contributed by atoms with Crippen LogP contribution in [0.4, 0.5) is 0 Å². The lowest BCUT2D eigenvalue weighted by molar-refractivity contribution is -0.164. The summed E-state index contributed by atoms with van der Waals surface area (Å²) in [7, 11) is 5.68. The number of carbonyl (C=O) groups excluding carboxylic acids is 4. The zero-order valence-corrected chi connectivity index (χ0v) is 20.0. The van der Waals surface area contributed by atoms with Gasteiger partial charge in [-0.3, -0.25) is 19.2 Å². The average Bonchev–Trinajstić information content (AvgIpc) is 2.86. The number of carbonyl (C=O) groups is 4. The molecule has 1 fully saturated rings. The van der Waals surface area contributed by atoms with E-state index in [1.165, 1.54) is 28.2 Å². The van der Waals surface area contributed by atoms with Crippen molar-refractivity contribution in [3.63, 3.8) is 0 Å². The summed E-state index contributed by atoms with van der Waals surface area (Å²) in [6, 6.07) is 0. The van der Waals surface area contributed by atoms with Crippen molar-refractivity contribution in [3.8, 4) is 0 Å². The van der Waals surface area contributed by atoms with Gasteiger partial charge in [0.15, 0.2) is 24.4 Å². The van der Waals surface area contributed by atoms with Crippen LogP contribution in [0.2, 0.25) is 0 Å². The van der Waals surface area contributed by atoms with Crippen LogP contribution < -0.4 is 21.3 Å². The summed E-state index contributed by atoms with van der Waals surface area (Å²) in [6.07, 6.45) is -4.84. The molecule has 4 atom stereocenters. The van der Waals surface area contributed by atoms with E-state index in [1.54, 1.807) is 0 Å². The smallest absolute Gasteiger partial charge is 0.252 e. The Balaban J connectivity index is 2.90. The van der Waals surface area contributed by atoms with Crippen LogP contribution in [0.15, 0.2) is 0 Å². The normalized spacial score (nSPS) is 26.2. The topological polar surface area (TPSA) is 172 Å². The number of nitrogens with one attached hydrogen (secondary N) is 4. The van der Waals surface area contributed by atoms with Gasteiger partial charge in [-0.1, -0.05) is 0 Å². The maximum absolute atomic E-state index is 12.3. The SMILES string of the molecule is CNC(=O)[C@H]1OCCOCCO[C@H](C(=O)NC)[C@@H](C(=O)NC)OCCOCCO[C@@H]1C(=O)NC. The Labute approximate surface area is 198 Å². The van der Waals surface area contributed by atoms with Crippen molar-refractivity contribution in [3.05, 3.63) is 0 Å². The molecule has 196 valence electrons. The minimum Gasteiger partial charge on any atom is -0.377 e. The zero-order chi connectivity index (χ0) is 25.3. The van der Waals surface area contributed by atoms with E-state index in [1.807, 2.05) is 0 Å². The maximum Gasteiger partial charge on any atom is 0.252 e. The number of rotatable bonds is 4. The highest BCUT2D eigenvalue weighted by Gasteiger charge is 2.36. The van der Waals surface area contributed by atoms with Gasteiger partial charge in [-0.05, 0) is 0 Å². The van der Waals surface area contributed by atoms with Crippen LogP contribution in [0.1, 0.15) is 0 Å². The third kappa shape index (κ3) is 9.87. The third-order valence-corrected chi connectivity index (χ3v) is 4.67. The van der Waals surface area contributed by atoms with E-state index in [4.69, 9.17) is 28.4 Å². The van der Waals surface area contributed by atoms with Crippen LogP contribution in [0.3, 0.4) is 0 Å². The Kier molecular flexibility index (Phi) is 14.9. The molecule has 0 aliphatic carbocycles. The summed E-state index contributed by atoms with van der Waals surface area (Å²) < 4.78 is 33.2. The molecule has 0 aromatic carbocycles. The Morgan fingerprint density at radius 1 is 0.441 bits per heavy atom. The largest absolute Gasteiger partial charge is 0.377 e. The molecule has 0 radical (unpaired) electrons. The molecule has 0 saturated carbocycles. The third-order valence-electron chi connectivity index (χ3n) is 4.67. The maximum atomic E-state index is 12.3. The molecular formula is C20H36N4O10. The van der Waals surface area contributed by atoms with E-state index in [2.05, 4.69) is 21.3 Å². The quantitative estimate of drug-likeness (QED) is 0.309. The molecule has 1 heterocycles. The van der Waals surface area contributed by atoms with E-state index in [0.717, 1.165) is 0 Å². The molecule has 0 aromatic rings. The number of hydrogen-bond acceptors (Lipinski definition) is 10. The van der Waals surface area contributed by atoms with Crippen LogP contribution in [0.5, 0.6) is 0 Å². The van der Waals surface area contributed by atoms with Gasteiger partial charge in [-0.15, -0.1) is 0 Å². The zero-order valence-electron chi connectivity index (χ0n) is 20.0. The monoisotopic (exact) mass is 492 g/mol. The predicted octanol–water partition coefficient (Wildman–Crippen LogP) is -3.44. The van der Waals surface area contributed by atoms with Crippen molar-refractivity contribution >= 4 is 23.6 Å². The van der Waals surface area contributed by atoms with Gasteiger partial charge in [-0.2, -0.15) is 0 Å². The standard InChI is InChI=1S/C20H36N4O10/c1-21-17(25)13-14(18(26)22-2)32-10-6-30-8-12-34-16(20(28)24-4)15(19(27)23-3)33-11-7-29-5-9-31-13/h13-16H,5-12H2,1-4H3,(H,21,25)(H,22,26)(H,23,27)(H,24,28)/t13-,14-,15-,16-/m0/s1. The van der Waals surface area contributed by atoms with Crippen LogP contribution in [0, 0.1) is 0 Å². The van der Waals surface area contributed by atoms with Gasteiger partial charge in [-0.25, -0.2) is 0 Å². The molecule has 14 nitrogen and oxygen atoms in total. The molecule has 0 aromatic heterocycles. The summed E-state index contributed by atoms with van der Waals surface area (Å²) in [5.74, 6) is -2.13.